The van der Waals surface area contributed by atoms with Gasteiger partial charge in [0.05, 0.1) is 0 Å². The van der Waals surface area contributed by atoms with Crippen molar-refractivity contribution in [1.82, 2.24) is 10.6 Å². The summed E-state index contributed by atoms with van der Waals surface area (Å²) in [6, 6.07) is 14.4. The number of carbonyl (C=O) groups excluding carboxylic acids is 2. The van der Waals surface area contributed by atoms with E-state index in [2.05, 4.69) is 22.8 Å². The maximum Gasteiger partial charge on any atom is 0.407 e. The number of hydrogen-bond donors (Lipinski definition) is 4. The number of alkyl carbamates (subject to hydrolysis) is 1. The summed E-state index contributed by atoms with van der Waals surface area (Å²) in [5, 5.41) is 23.2. The number of amides is 2. The number of ether oxygens (including phenoxy) is 1. The fourth-order valence-corrected chi connectivity index (χ4v) is 4.24. The van der Waals surface area contributed by atoms with Gasteiger partial charge in [-0.1, -0.05) is 61.9 Å². The standard InChI is InChI=1S/C25H30N2O6/c1-2-7-16(14-23(29)27-22(12-13-28)24(30)31)26-25(32)33-15-21-19-10-5-3-8-17(19)18-9-4-6-11-20(18)21/h3-6,8-11,16,21-22,28H,2,7,12-15H2,1H3,(H,26,32)(H,27,29)(H,30,31)/t16?,22-/m0/s1. The Kier molecular flexibility index (Phi) is 8.43. The highest BCUT2D eigenvalue weighted by molar-refractivity contribution is 5.84. The van der Waals surface area contributed by atoms with Crippen LogP contribution < -0.4 is 10.6 Å². The number of aliphatic carboxylic acids is 1. The minimum absolute atomic E-state index is 0.0640. The predicted octanol–water partition coefficient (Wildman–Crippen LogP) is 3.04. The summed E-state index contributed by atoms with van der Waals surface area (Å²) >= 11 is 0. The molecule has 0 bridgehead atoms. The molecule has 1 aliphatic rings. The SMILES string of the molecule is CCCC(CC(=O)N[C@@H](CCO)C(=O)O)NC(=O)OCC1c2ccccc2-c2ccccc21. The van der Waals surface area contributed by atoms with Crippen LogP contribution in [0.4, 0.5) is 4.79 Å². The number of aliphatic hydroxyl groups excluding tert-OH is 1. The summed E-state index contributed by atoms with van der Waals surface area (Å²) < 4.78 is 5.55. The predicted molar refractivity (Wildman–Crippen MR) is 123 cm³/mol. The normalized spacial score (nSPS) is 14.0. The molecule has 0 saturated heterocycles. The molecule has 8 heteroatoms. The van der Waals surface area contributed by atoms with Crippen molar-refractivity contribution >= 4 is 18.0 Å². The van der Waals surface area contributed by atoms with Gasteiger partial charge in [0.1, 0.15) is 12.6 Å². The minimum atomic E-state index is -1.21. The van der Waals surface area contributed by atoms with Crippen molar-refractivity contribution in [2.75, 3.05) is 13.2 Å². The van der Waals surface area contributed by atoms with Crippen molar-refractivity contribution in [2.45, 2.75) is 50.6 Å². The summed E-state index contributed by atoms with van der Waals surface area (Å²) in [6.45, 7) is 1.74. The van der Waals surface area contributed by atoms with Crippen molar-refractivity contribution in [3.05, 3.63) is 59.7 Å². The number of hydrogen-bond acceptors (Lipinski definition) is 5. The lowest BCUT2D eigenvalue weighted by molar-refractivity contribution is -0.142. The highest BCUT2D eigenvalue weighted by Crippen LogP contribution is 2.44. The van der Waals surface area contributed by atoms with Crippen LogP contribution in [0.25, 0.3) is 11.1 Å². The Morgan fingerprint density at radius 2 is 1.58 bits per heavy atom. The van der Waals surface area contributed by atoms with Gasteiger partial charge in [0, 0.05) is 31.4 Å². The lowest BCUT2D eigenvalue weighted by Crippen LogP contribution is -2.45. The van der Waals surface area contributed by atoms with Gasteiger partial charge in [-0.25, -0.2) is 9.59 Å². The molecule has 0 heterocycles. The topological polar surface area (TPSA) is 125 Å². The highest BCUT2D eigenvalue weighted by atomic mass is 16.5. The van der Waals surface area contributed by atoms with Crippen LogP contribution in [-0.4, -0.2) is 53.5 Å². The summed E-state index contributed by atoms with van der Waals surface area (Å²) in [6.07, 6.45) is 0.482. The molecule has 2 amide bonds. The molecule has 2 atom stereocenters. The van der Waals surface area contributed by atoms with Crippen molar-refractivity contribution in [3.8, 4) is 11.1 Å². The zero-order valence-corrected chi connectivity index (χ0v) is 18.6. The third kappa shape index (κ3) is 6.10. The number of carboxylic acid groups (broad SMARTS) is 1. The average molecular weight is 455 g/mol. The van der Waals surface area contributed by atoms with E-state index in [0.717, 1.165) is 28.7 Å². The van der Waals surface area contributed by atoms with E-state index >= 15 is 0 Å². The third-order valence-electron chi connectivity index (χ3n) is 5.79. The van der Waals surface area contributed by atoms with Crippen LogP contribution in [-0.2, 0) is 14.3 Å². The van der Waals surface area contributed by atoms with Crippen LogP contribution in [0.3, 0.4) is 0 Å². The number of nitrogens with one attached hydrogen (secondary N) is 2. The van der Waals surface area contributed by atoms with Gasteiger partial charge in [-0.05, 0) is 28.7 Å². The fourth-order valence-electron chi connectivity index (χ4n) is 4.24. The second-order valence-corrected chi connectivity index (χ2v) is 8.13. The quantitative estimate of drug-likeness (QED) is 0.414. The fraction of sp³-hybridized carbons (Fsp3) is 0.400. The van der Waals surface area contributed by atoms with Crippen LogP contribution in [0, 0.1) is 0 Å². The number of carbonyl (C=O) groups is 3. The summed E-state index contributed by atoms with van der Waals surface area (Å²) in [5.74, 6) is -1.78. The number of fused-ring (bicyclic) bond motifs is 3. The number of rotatable bonds is 11. The summed E-state index contributed by atoms with van der Waals surface area (Å²) in [7, 11) is 0. The second kappa shape index (κ2) is 11.5. The molecule has 2 aromatic carbocycles. The van der Waals surface area contributed by atoms with E-state index in [1.807, 2.05) is 43.3 Å². The van der Waals surface area contributed by atoms with Crippen LogP contribution in [0.2, 0.25) is 0 Å². The average Bonchev–Trinajstić information content (AvgIpc) is 3.11. The monoisotopic (exact) mass is 454 g/mol. The van der Waals surface area contributed by atoms with Crippen molar-refractivity contribution < 1.29 is 29.3 Å². The van der Waals surface area contributed by atoms with Gasteiger partial charge in [-0.15, -0.1) is 0 Å². The zero-order valence-electron chi connectivity index (χ0n) is 18.6. The summed E-state index contributed by atoms with van der Waals surface area (Å²) in [4.78, 5) is 36.0. The Morgan fingerprint density at radius 3 is 2.12 bits per heavy atom. The number of carboxylic acids is 1. The molecule has 0 saturated carbocycles. The van der Waals surface area contributed by atoms with Crippen molar-refractivity contribution in [2.24, 2.45) is 0 Å². The number of benzene rings is 2. The molecule has 8 nitrogen and oxygen atoms in total. The van der Waals surface area contributed by atoms with E-state index in [4.69, 9.17) is 14.9 Å². The molecular weight excluding hydrogens is 424 g/mol. The van der Waals surface area contributed by atoms with Crippen molar-refractivity contribution in [1.29, 1.82) is 0 Å². The minimum Gasteiger partial charge on any atom is -0.480 e. The molecule has 4 N–H and O–H groups in total. The molecular formula is C25H30N2O6. The van der Waals surface area contributed by atoms with E-state index in [1.165, 1.54) is 0 Å². The van der Waals surface area contributed by atoms with E-state index < -0.39 is 30.1 Å². The Morgan fingerprint density at radius 1 is 0.970 bits per heavy atom. The highest BCUT2D eigenvalue weighted by Gasteiger charge is 2.29. The maximum atomic E-state index is 12.5. The van der Waals surface area contributed by atoms with E-state index in [-0.39, 0.29) is 32.0 Å². The molecule has 1 unspecified atom stereocenters. The van der Waals surface area contributed by atoms with Crippen LogP contribution in [0.1, 0.15) is 49.7 Å². The van der Waals surface area contributed by atoms with Crippen LogP contribution in [0.15, 0.2) is 48.5 Å². The summed E-state index contributed by atoms with van der Waals surface area (Å²) in [5.41, 5.74) is 4.50. The first kappa shape index (κ1) is 24.3. The molecule has 0 radical (unpaired) electrons. The number of aliphatic hydroxyl groups is 1. The molecule has 0 aromatic heterocycles. The first-order valence-corrected chi connectivity index (χ1v) is 11.2. The third-order valence-corrected chi connectivity index (χ3v) is 5.79. The smallest absolute Gasteiger partial charge is 0.407 e. The van der Waals surface area contributed by atoms with Gasteiger partial charge in [-0.3, -0.25) is 4.79 Å². The lowest BCUT2D eigenvalue weighted by Gasteiger charge is -2.20. The van der Waals surface area contributed by atoms with Crippen LogP contribution in [0.5, 0.6) is 0 Å². The van der Waals surface area contributed by atoms with E-state index in [9.17, 15) is 14.4 Å². The molecule has 0 spiro atoms. The van der Waals surface area contributed by atoms with Gasteiger partial charge in [-0.2, -0.15) is 0 Å². The molecule has 0 aliphatic heterocycles. The largest absolute Gasteiger partial charge is 0.480 e. The van der Waals surface area contributed by atoms with Gasteiger partial charge in [0.25, 0.3) is 0 Å². The second-order valence-electron chi connectivity index (χ2n) is 8.13. The Hall–Kier alpha value is -3.39. The molecule has 3 rings (SSSR count). The van der Waals surface area contributed by atoms with Gasteiger partial charge < -0.3 is 25.6 Å². The molecule has 2 aromatic rings. The van der Waals surface area contributed by atoms with Gasteiger partial charge in [0.15, 0.2) is 0 Å². The first-order valence-electron chi connectivity index (χ1n) is 11.2. The molecule has 33 heavy (non-hydrogen) atoms. The van der Waals surface area contributed by atoms with Crippen molar-refractivity contribution in [3.63, 3.8) is 0 Å². The Balaban J connectivity index is 1.58. The lowest BCUT2D eigenvalue weighted by atomic mass is 9.98. The van der Waals surface area contributed by atoms with E-state index in [1.54, 1.807) is 0 Å². The molecule has 1 aliphatic carbocycles. The molecule has 176 valence electrons. The van der Waals surface area contributed by atoms with Gasteiger partial charge in [0.2, 0.25) is 5.91 Å². The Bertz CT molecular complexity index is 947. The molecule has 0 fully saturated rings. The van der Waals surface area contributed by atoms with Crippen LogP contribution >= 0.6 is 0 Å². The maximum absolute atomic E-state index is 12.5. The first-order chi connectivity index (χ1) is 15.9. The zero-order chi connectivity index (χ0) is 23.8. The van der Waals surface area contributed by atoms with Gasteiger partial charge >= 0.3 is 12.1 Å². The Labute approximate surface area is 193 Å². The van der Waals surface area contributed by atoms with E-state index in [0.29, 0.717) is 6.42 Å².